The van der Waals surface area contributed by atoms with Crippen LogP contribution in [0.15, 0.2) is 0 Å². The van der Waals surface area contributed by atoms with E-state index in [1.54, 1.807) is 0 Å². The maximum absolute atomic E-state index is 9.58. The van der Waals surface area contributed by atoms with Crippen LogP contribution in [0.1, 0.15) is 27.2 Å². The molecular weight excluding hydrogens is 166 g/mol. The second-order valence-electron chi connectivity index (χ2n) is 4.73. The highest BCUT2D eigenvalue weighted by molar-refractivity contribution is 4.72. The first-order chi connectivity index (χ1) is 5.97. The number of aliphatic hydroxyl groups is 1. The summed E-state index contributed by atoms with van der Waals surface area (Å²) >= 11 is 0. The molecule has 1 heterocycles. The van der Waals surface area contributed by atoms with Crippen molar-refractivity contribution in [1.29, 1.82) is 0 Å². The fourth-order valence-corrected chi connectivity index (χ4v) is 1.26. The summed E-state index contributed by atoms with van der Waals surface area (Å²) in [6.07, 6.45) is 0.937. The highest BCUT2D eigenvalue weighted by Gasteiger charge is 2.19. The molecule has 0 radical (unpaired) electrons. The van der Waals surface area contributed by atoms with Crippen LogP contribution in [-0.4, -0.2) is 48.0 Å². The standard InChI is InChI=1S/C10H21NO2/c1-10(2,3)13-8-9(12)7-11-5-4-6-11/h9,12H,4-8H2,1-3H3. The van der Waals surface area contributed by atoms with Crippen molar-refractivity contribution in [2.45, 2.75) is 38.9 Å². The van der Waals surface area contributed by atoms with Crippen molar-refractivity contribution in [2.75, 3.05) is 26.2 Å². The second-order valence-corrected chi connectivity index (χ2v) is 4.73. The van der Waals surface area contributed by atoms with Crippen molar-refractivity contribution >= 4 is 0 Å². The summed E-state index contributed by atoms with van der Waals surface area (Å²) in [6, 6.07) is 0. The zero-order valence-electron chi connectivity index (χ0n) is 8.92. The molecule has 0 aromatic heterocycles. The van der Waals surface area contributed by atoms with Gasteiger partial charge in [0.05, 0.1) is 18.3 Å². The van der Waals surface area contributed by atoms with Crippen molar-refractivity contribution < 1.29 is 9.84 Å². The molecule has 1 N–H and O–H groups in total. The molecule has 1 fully saturated rings. The molecule has 1 aliphatic rings. The Morgan fingerprint density at radius 2 is 2.00 bits per heavy atom. The lowest BCUT2D eigenvalue weighted by Crippen LogP contribution is -2.44. The van der Waals surface area contributed by atoms with Gasteiger partial charge >= 0.3 is 0 Å². The van der Waals surface area contributed by atoms with E-state index in [2.05, 4.69) is 4.90 Å². The topological polar surface area (TPSA) is 32.7 Å². The normalized spacial score (nSPS) is 21.2. The molecule has 1 saturated heterocycles. The summed E-state index contributed by atoms with van der Waals surface area (Å²) in [5, 5.41) is 9.58. The van der Waals surface area contributed by atoms with Crippen LogP contribution in [0.3, 0.4) is 0 Å². The van der Waals surface area contributed by atoms with E-state index in [1.165, 1.54) is 6.42 Å². The number of rotatable bonds is 4. The Bertz CT molecular complexity index is 149. The molecule has 3 heteroatoms. The van der Waals surface area contributed by atoms with Crippen molar-refractivity contribution in [2.24, 2.45) is 0 Å². The third-order valence-corrected chi connectivity index (χ3v) is 2.13. The highest BCUT2D eigenvalue weighted by atomic mass is 16.5. The molecular formula is C10H21NO2. The molecule has 0 aliphatic carbocycles. The molecule has 0 bridgehead atoms. The van der Waals surface area contributed by atoms with E-state index in [0.29, 0.717) is 6.61 Å². The summed E-state index contributed by atoms with van der Waals surface area (Å²) < 4.78 is 5.48. The summed E-state index contributed by atoms with van der Waals surface area (Å²) in [5.74, 6) is 0. The van der Waals surface area contributed by atoms with Crippen molar-refractivity contribution in [3.05, 3.63) is 0 Å². The van der Waals surface area contributed by atoms with Gasteiger partial charge in [0.2, 0.25) is 0 Å². The number of hydrogen-bond acceptors (Lipinski definition) is 3. The Balaban J connectivity index is 2.06. The van der Waals surface area contributed by atoms with E-state index in [9.17, 15) is 5.11 Å². The first-order valence-corrected chi connectivity index (χ1v) is 5.02. The molecule has 1 unspecified atom stereocenters. The Kier molecular flexibility index (Phi) is 3.71. The van der Waals surface area contributed by atoms with Crippen molar-refractivity contribution in [1.82, 2.24) is 4.90 Å². The van der Waals surface area contributed by atoms with Gasteiger partial charge in [-0.25, -0.2) is 0 Å². The number of β-amino-alcohol motifs (C(OH)–C–C–N with tert-alkyl or cyclic N) is 1. The lowest BCUT2D eigenvalue weighted by Gasteiger charge is -2.33. The van der Waals surface area contributed by atoms with E-state index in [1.807, 2.05) is 20.8 Å². The Hall–Kier alpha value is -0.120. The van der Waals surface area contributed by atoms with Gasteiger partial charge in [-0.1, -0.05) is 0 Å². The highest BCUT2D eigenvalue weighted by Crippen LogP contribution is 2.10. The van der Waals surface area contributed by atoms with Gasteiger partial charge < -0.3 is 14.7 Å². The maximum atomic E-state index is 9.58. The van der Waals surface area contributed by atoms with Gasteiger partial charge in [-0.05, 0) is 40.3 Å². The van der Waals surface area contributed by atoms with Crippen LogP contribution in [0, 0.1) is 0 Å². The first-order valence-electron chi connectivity index (χ1n) is 5.02. The van der Waals surface area contributed by atoms with Crippen molar-refractivity contribution in [3.8, 4) is 0 Å². The summed E-state index contributed by atoms with van der Waals surface area (Å²) in [7, 11) is 0. The molecule has 0 spiro atoms. The minimum absolute atomic E-state index is 0.143. The van der Waals surface area contributed by atoms with Crippen LogP contribution in [0.5, 0.6) is 0 Å². The summed E-state index contributed by atoms with van der Waals surface area (Å²) in [4.78, 5) is 2.25. The Morgan fingerprint density at radius 1 is 1.38 bits per heavy atom. The molecule has 1 aliphatic heterocycles. The molecule has 3 nitrogen and oxygen atoms in total. The minimum Gasteiger partial charge on any atom is -0.389 e. The predicted octanol–water partition coefficient (Wildman–Crippen LogP) is 0.868. The zero-order valence-corrected chi connectivity index (χ0v) is 8.92. The van der Waals surface area contributed by atoms with Crippen LogP contribution in [0.25, 0.3) is 0 Å². The van der Waals surface area contributed by atoms with E-state index >= 15 is 0 Å². The Labute approximate surface area is 80.7 Å². The van der Waals surface area contributed by atoms with Gasteiger partial charge in [-0.3, -0.25) is 0 Å². The van der Waals surface area contributed by atoms with Crippen molar-refractivity contribution in [3.63, 3.8) is 0 Å². The number of nitrogens with zero attached hydrogens (tertiary/aromatic N) is 1. The van der Waals surface area contributed by atoms with Gasteiger partial charge in [0, 0.05) is 6.54 Å². The van der Waals surface area contributed by atoms with Crippen LogP contribution in [-0.2, 0) is 4.74 Å². The molecule has 0 saturated carbocycles. The van der Waals surface area contributed by atoms with Crippen LogP contribution in [0.4, 0.5) is 0 Å². The van der Waals surface area contributed by atoms with Gasteiger partial charge in [0.1, 0.15) is 0 Å². The monoisotopic (exact) mass is 187 g/mol. The number of hydrogen-bond donors (Lipinski definition) is 1. The van der Waals surface area contributed by atoms with Crippen LogP contribution in [0.2, 0.25) is 0 Å². The maximum Gasteiger partial charge on any atom is 0.0900 e. The largest absolute Gasteiger partial charge is 0.389 e. The smallest absolute Gasteiger partial charge is 0.0900 e. The molecule has 13 heavy (non-hydrogen) atoms. The molecule has 78 valence electrons. The number of aliphatic hydroxyl groups excluding tert-OH is 1. The van der Waals surface area contributed by atoms with E-state index in [0.717, 1.165) is 19.6 Å². The average molecular weight is 187 g/mol. The van der Waals surface area contributed by atoms with Gasteiger partial charge in [0.15, 0.2) is 0 Å². The van der Waals surface area contributed by atoms with Gasteiger partial charge in [-0.15, -0.1) is 0 Å². The van der Waals surface area contributed by atoms with E-state index in [-0.39, 0.29) is 11.7 Å². The lowest BCUT2D eigenvalue weighted by atomic mass is 10.2. The minimum atomic E-state index is -0.334. The SMILES string of the molecule is CC(C)(C)OCC(O)CN1CCC1. The predicted molar refractivity (Wildman–Crippen MR) is 52.8 cm³/mol. The Morgan fingerprint density at radius 3 is 2.38 bits per heavy atom. The third kappa shape index (κ3) is 4.60. The number of ether oxygens (including phenoxy) is 1. The van der Waals surface area contributed by atoms with Crippen LogP contribution >= 0.6 is 0 Å². The average Bonchev–Trinajstić information content (AvgIpc) is 1.91. The summed E-state index contributed by atoms with van der Waals surface area (Å²) in [6.45, 7) is 9.48. The van der Waals surface area contributed by atoms with Gasteiger partial charge in [0.25, 0.3) is 0 Å². The zero-order chi connectivity index (χ0) is 9.90. The fraction of sp³-hybridized carbons (Fsp3) is 1.00. The molecule has 0 aromatic rings. The third-order valence-electron chi connectivity index (χ3n) is 2.13. The quantitative estimate of drug-likeness (QED) is 0.709. The number of likely N-dealkylation sites (tertiary alicyclic amines) is 1. The summed E-state index contributed by atoms with van der Waals surface area (Å²) in [5.41, 5.74) is -0.143. The van der Waals surface area contributed by atoms with Crippen LogP contribution < -0.4 is 0 Å². The molecule has 0 amide bonds. The fourth-order valence-electron chi connectivity index (χ4n) is 1.26. The van der Waals surface area contributed by atoms with Gasteiger partial charge in [-0.2, -0.15) is 0 Å². The molecule has 1 atom stereocenters. The van der Waals surface area contributed by atoms with E-state index in [4.69, 9.17) is 4.74 Å². The first kappa shape index (κ1) is 11.0. The molecule has 1 rings (SSSR count). The second kappa shape index (κ2) is 4.40. The lowest BCUT2D eigenvalue weighted by molar-refractivity contribution is -0.0600. The van der Waals surface area contributed by atoms with E-state index < -0.39 is 0 Å². The molecule has 0 aromatic carbocycles.